The number of aryl methyl sites for hydroxylation is 1. The molecule has 0 saturated carbocycles. The van der Waals surface area contributed by atoms with E-state index in [9.17, 15) is 9.59 Å². The Balaban J connectivity index is 2.12. The van der Waals surface area contributed by atoms with E-state index >= 15 is 0 Å². The minimum Gasteiger partial charge on any atom is -0.452 e. The van der Waals surface area contributed by atoms with E-state index in [-0.39, 0.29) is 6.61 Å². The largest absolute Gasteiger partial charge is 0.452 e. The van der Waals surface area contributed by atoms with Crippen LogP contribution in [0.1, 0.15) is 43.7 Å². The first-order chi connectivity index (χ1) is 12.1. The maximum atomic E-state index is 12.6. The fraction of sp³-hybridized carbons (Fsp3) is 0.333. The normalized spacial score (nSPS) is 10.6. The molecule has 0 bridgehead atoms. The molecular formula is C21H24ClNO3. The highest BCUT2D eigenvalue weighted by Crippen LogP contribution is 2.26. The maximum Gasteiger partial charge on any atom is 0.339 e. The molecule has 0 aliphatic carbocycles. The first-order valence-electron chi connectivity index (χ1n) is 8.43. The van der Waals surface area contributed by atoms with Crippen molar-refractivity contribution in [1.29, 1.82) is 0 Å². The molecule has 2 aromatic carbocycles. The van der Waals surface area contributed by atoms with Crippen LogP contribution >= 0.6 is 11.6 Å². The minimum absolute atomic E-state index is 0.352. The van der Waals surface area contributed by atoms with E-state index < -0.39 is 11.9 Å². The molecule has 0 unspecified atom stereocenters. The van der Waals surface area contributed by atoms with Gasteiger partial charge in [0.05, 0.1) is 5.56 Å². The molecule has 0 heterocycles. The van der Waals surface area contributed by atoms with Gasteiger partial charge in [-0.3, -0.25) is 4.79 Å². The van der Waals surface area contributed by atoms with Crippen LogP contribution in [0, 0.1) is 41.5 Å². The van der Waals surface area contributed by atoms with Gasteiger partial charge in [0.1, 0.15) is 0 Å². The minimum atomic E-state index is -0.482. The standard InChI is InChI=1S/C21H24ClNO3/c1-11-7-8-17(22)9-18(11)23-19(24)10-26-21(25)20-15(5)13(3)12(2)14(4)16(20)6/h7-9H,10H2,1-6H3,(H,23,24). The van der Waals surface area contributed by atoms with Crippen molar-refractivity contribution in [2.45, 2.75) is 41.5 Å². The average molecular weight is 374 g/mol. The first kappa shape index (κ1) is 20.0. The zero-order chi connectivity index (χ0) is 19.6. The summed E-state index contributed by atoms with van der Waals surface area (Å²) in [5.41, 5.74) is 7.11. The van der Waals surface area contributed by atoms with Crippen molar-refractivity contribution in [3.8, 4) is 0 Å². The maximum absolute atomic E-state index is 12.6. The molecule has 0 radical (unpaired) electrons. The summed E-state index contributed by atoms with van der Waals surface area (Å²) in [6.45, 7) is 11.3. The van der Waals surface area contributed by atoms with Crippen LogP contribution in [0.5, 0.6) is 0 Å². The molecule has 2 aromatic rings. The lowest BCUT2D eigenvalue weighted by Gasteiger charge is -2.17. The van der Waals surface area contributed by atoms with Crippen LogP contribution in [-0.4, -0.2) is 18.5 Å². The van der Waals surface area contributed by atoms with Crippen molar-refractivity contribution >= 4 is 29.2 Å². The van der Waals surface area contributed by atoms with Gasteiger partial charge in [-0.1, -0.05) is 17.7 Å². The third kappa shape index (κ3) is 4.07. The Kier molecular flexibility index (Phi) is 6.09. The Labute approximate surface area is 159 Å². The summed E-state index contributed by atoms with van der Waals surface area (Å²) in [7, 11) is 0. The predicted molar refractivity (Wildman–Crippen MR) is 105 cm³/mol. The summed E-state index contributed by atoms with van der Waals surface area (Å²) < 4.78 is 5.26. The van der Waals surface area contributed by atoms with E-state index in [0.717, 1.165) is 27.8 Å². The van der Waals surface area contributed by atoms with E-state index in [4.69, 9.17) is 16.3 Å². The molecule has 2 rings (SSSR count). The molecule has 0 fully saturated rings. The second-order valence-electron chi connectivity index (χ2n) is 6.58. The van der Waals surface area contributed by atoms with Crippen LogP contribution in [0.15, 0.2) is 18.2 Å². The lowest BCUT2D eigenvalue weighted by molar-refractivity contribution is -0.119. The van der Waals surface area contributed by atoms with E-state index in [2.05, 4.69) is 5.32 Å². The molecule has 0 aliphatic rings. The number of anilines is 1. The smallest absolute Gasteiger partial charge is 0.339 e. The third-order valence-electron chi connectivity index (χ3n) is 5.01. The van der Waals surface area contributed by atoms with Gasteiger partial charge in [0.15, 0.2) is 6.61 Å². The lowest BCUT2D eigenvalue weighted by atomic mass is 9.90. The van der Waals surface area contributed by atoms with Gasteiger partial charge in [-0.2, -0.15) is 0 Å². The van der Waals surface area contributed by atoms with E-state index in [1.165, 1.54) is 5.56 Å². The summed E-state index contributed by atoms with van der Waals surface area (Å²) in [5.74, 6) is -0.885. The van der Waals surface area contributed by atoms with Crippen molar-refractivity contribution in [2.24, 2.45) is 0 Å². The van der Waals surface area contributed by atoms with Crippen LogP contribution < -0.4 is 5.32 Å². The molecule has 138 valence electrons. The quantitative estimate of drug-likeness (QED) is 0.768. The highest BCUT2D eigenvalue weighted by Gasteiger charge is 2.20. The number of halogens is 1. The number of benzene rings is 2. The van der Waals surface area contributed by atoms with Gasteiger partial charge in [-0.25, -0.2) is 4.79 Å². The Morgan fingerprint density at radius 2 is 1.46 bits per heavy atom. The molecule has 0 saturated heterocycles. The SMILES string of the molecule is Cc1ccc(Cl)cc1NC(=O)COC(=O)c1c(C)c(C)c(C)c(C)c1C. The zero-order valence-electron chi connectivity index (χ0n) is 16.0. The van der Waals surface area contributed by atoms with Gasteiger partial charge in [0.2, 0.25) is 0 Å². The Bertz CT molecular complexity index is 858. The van der Waals surface area contributed by atoms with Crippen LogP contribution in [0.25, 0.3) is 0 Å². The van der Waals surface area contributed by atoms with Crippen molar-refractivity contribution < 1.29 is 14.3 Å². The molecule has 1 amide bonds. The number of rotatable bonds is 4. The Morgan fingerprint density at radius 3 is 2.04 bits per heavy atom. The average Bonchev–Trinajstić information content (AvgIpc) is 2.59. The second kappa shape index (κ2) is 7.92. The van der Waals surface area contributed by atoms with Gasteiger partial charge in [0, 0.05) is 10.7 Å². The topological polar surface area (TPSA) is 55.4 Å². The predicted octanol–water partition coefficient (Wildman–Crippen LogP) is 4.99. The summed E-state index contributed by atoms with van der Waals surface area (Å²) in [5, 5.41) is 3.25. The van der Waals surface area contributed by atoms with Gasteiger partial charge >= 0.3 is 5.97 Å². The number of carbonyl (C=O) groups excluding carboxylic acids is 2. The summed E-state index contributed by atoms with van der Waals surface area (Å²) in [6.07, 6.45) is 0. The fourth-order valence-electron chi connectivity index (χ4n) is 2.92. The molecule has 4 nitrogen and oxygen atoms in total. The molecule has 0 atom stereocenters. The summed E-state index contributed by atoms with van der Waals surface area (Å²) >= 11 is 5.95. The number of esters is 1. The van der Waals surface area contributed by atoms with Gasteiger partial charge in [0.25, 0.3) is 5.91 Å². The van der Waals surface area contributed by atoms with Crippen LogP contribution in [-0.2, 0) is 9.53 Å². The monoisotopic (exact) mass is 373 g/mol. The van der Waals surface area contributed by atoms with Crippen molar-refractivity contribution in [3.05, 3.63) is 62.2 Å². The van der Waals surface area contributed by atoms with Gasteiger partial charge < -0.3 is 10.1 Å². The zero-order valence-corrected chi connectivity index (χ0v) is 16.8. The molecule has 1 N–H and O–H groups in total. The molecule has 26 heavy (non-hydrogen) atoms. The fourth-order valence-corrected chi connectivity index (χ4v) is 3.10. The first-order valence-corrected chi connectivity index (χ1v) is 8.81. The van der Waals surface area contributed by atoms with Crippen molar-refractivity contribution in [3.63, 3.8) is 0 Å². The molecule has 5 heteroatoms. The lowest BCUT2D eigenvalue weighted by Crippen LogP contribution is -2.22. The number of ether oxygens (including phenoxy) is 1. The number of carbonyl (C=O) groups is 2. The van der Waals surface area contributed by atoms with E-state index in [1.54, 1.807) is 12.1 Å². The van der Waals surface area contributed by atoms with Crippen LogP contribution in [0.3, 0.4) is 0 Å². The Morgan fingerprint density at radius 1 is 0.923 bits per heavy atom. The number of hydrogen-bond donors (Lipinski definition) is 1. The number of nitrogens with one attached hydrogen (secondary N) is 1. The van der Waals surface area contributed by atoms with Gasteiger partial charge in [-0.15, -0.1) is 0 Å². The van der Waals surface area contributed by atoms with E-state index in [0.29, 0.717) is 16.3 Å². The molecule has 0 aliphatic heterocycles. The van der Waals surface area contributed by atoms with Gasteiger partial charge in [-0.05, 0) is 87.1 Å². The molecule has 0 spiro atoms. The highest BCUT2D eigenvalue weighted by molar-refractivity contribution is 6.31. The summed E-state index contributed by atoms with van der Waals surface area (Å²) in [4.78, 5) is 24.7. The van der Waals surface area contributed by atoms with Crippen LogP contribution in [0.4, 0.5) is 5.69 Å². The summed E-state index contributed by atoms with van der Waals surface area (Å²) in [6, 6.07) is 5.23. The van der Waals surface area contributed by atoms with Crippen molar-refractivity contribution in [1.82, 2.24) is 0 Å². The number of amides is 1. The van der Waals surface area contributed by atoms with Crippen LogP contribution in [0.2, 0.25) is 5.02 Å². The third-order valence-corrected chi connectivity index (χ3v) is 5.25. The number of hydrogen-bond acceptors (Lipinski definition) is 3. The Hall–Kier alpha value is -2.33. The van der Waals surface area contributed by atoms with Crippen molar-refractivity contribution in [2.75, 3.05) is 11.9 Å². The molecular weight excluding hydrogens is 350 g/mol. The second-order valence-corrected chi connectivity index (χ2v) is 7.02. The molecule has 0 aromatic heterocycles. The van der Waals surface area contributed by atoms with E-state index in [1.807, 2.05) is 47.6 Å². The highest BCUT2D eigenvalue weighted by atomic mass is 35.5.